The molecule has 1 atom stereocenters. The normalized spacial score (nSPS) is 23.4. The van der Waals surface area contributed by atoms with Crippen LogP contribution in [-0.4, -0.2) is 4.98 Å². The van der Waals surface area contributed by atoms with Crippen molar-refractivity contribution in [2.24, 2.45) is 0 Å². The van der Waals surface area contributed by atoms with Gasteiger partial charge in [0, 0.05) is 11.6 Å². The third-order valence-electron chi connectivity index (χ3n) is 3.83. The van der Waals surface area contributed by atoms with Crippen LogP contribution < -0.4 is 0 Å². The fourth-order valence-electron chi connectivity index (χ4n) is 2.54. The molecular weight excluding hydrogens is 273 g/mol. The van der Waals surface area contributed by atoms with E-state index in [1.165, 1.54) is 0 Å². The Morgan fingerprint density at radius 1 is 1.45 bits per heavy atom. The van der Waals surface area contributed by atoms with Crippen molar-refractivity contribution in [3.8, 4) is 0 Å². The van der Waals surface area contributed by atoms with E-state index < -0.39 is 0 Å². The van der Waals surface area contributed by atoms with Crippen molar-refractivity contribution < 1.29 is 4.39 Å². The van der Waals surface area contributed by atoms with Gasteiger partial charge in [-0.25, -0.2) is 4.39 Å². The van der Waals surface area contributed by atoms with Crippen LogP contribution in [0, 0.1) is 6.92 Å². The first-order valence-electron chi connectivity index (χ1n) is 6.72. The minimum atomic E-state index is -0.210. The van der Waals surface area contributed by atoms with Gasteiger partial charge in [0.25, 0.3) is 0 Å². The zero-order chi connectivity index (χ0) is 14.9. The quantitative estimate of drug-likeness (QED) is 0.706. The van der Waals surface area contributed by atoms with Crippen LogP contribution in [0.3, 0.4) is 0 Å². The molecule has 1 unspecified atom stereocenters. The van der Waals surface area contributed by atoms with Gasteiger partial charge in [-0.2, -0.15) is 0 Å². The summed E-state index contributed by atoms with van der Waals surface area (Å²) < 4.78 is 13.5. The molecule has 0 saturated carbocycles. The molecule has 1 aromatic heterocycles. The highest BCUT2D eigenvalue weighted by Gasteiger charge is 2.28. The van der Waals surface area contributed by atoms with Crippen LogP contribution in [0.15, 0.2) is 41.9 Å². The second kappa shape index (κ2) is 5.53. The van der Waals surface area contributed by atoms with Crippen molar-refractivity contribution >= 4 is 16.6 Å². The molecule has 0 saturated heterocycles. The summed E-state index contributed by atoms with van der Waals surface area (Å²) in [6, 6.07) is 2.09. The number of hydrogen-bond donors (Lipinski definition) is 0. The lowest BCUT2D eigenvalue weighted by molar-refractivity contribution is 0.549. The van der Waals surface area contributed by atoms with Crippen LogP contribution in [0.1, 0.15) is 44.0 Å². The summed E-state index contributed by atoms with van der Waals surface area (Å²) in [5.74, 6) is -0.124. The molecule has 2 rings (SSSR count). The summed E-state index contributed by atoms with van der Waals surface area (Å²) in [6.07, 6.45) is 7.96. The molecule has 0 aliphatic heterocycles. The monoisotopic (exact) mass is 291 g/mol. The van der Waals surface area contributed by atoms with E-state index in [1.54, 1.807) is 13.0 Å². The molecule has 20 heavy (non-hydrogen) atoms. The molecule has 1 nitrogen and oxygen atoms in total. The Hall–Kier alpha value is -1.41. The summed E-state index contributed by atoms with van der Waals surface area (Å²) in [7, 11) is 0. The maximum Gasteiger partial charge on any atom is 0.121 e. The molecule has 0 amide bonds. The van der Waals surface area contributed by atoms with Crippen LogP contribution in [-0.2, 0) is 5.41 Å². The van der Waals surface area contributed by atoms with Gasteiger partial charge in [0.1, 0.15) is 5.83 Å². The smallest absolute Gasteiger partial charge is 0.121 e. The highest BCUT2D eigenvalue weighted by Crippen LogP contribution is 2.37. The molecule has 1 aliphatic rings. The number of allylic oxidation sites excluding steroid dienone is 5. The summed E-state index contributed by atoms with van der Waals surface area (Å²) >= 11 is 6.14. The van der Waals surface area contributed by atoms with Gasteiger partial charge >= 0.3 is 0 Å². The Labute approximate surface area is 124 Å². The Kier molecular flexibility index (Phi) is 4.14. The second-order valence-electron chi connectivity index (χ2n) is 5.53. The van der Waals surface area contributed by atoms with Crippen LogP contribution in [0.2, 0.25) is 0 Å². The van der Waals surface area contributed by atoms with Gasteiger partial charge < -0.3 is 0 Å². The fraction of sp³-hybridized carbons (Fsp3) is 0.353. The molecular formula is C17H19ClFN. The van der Waals surface area contributed by atoms with E-state index in [-0.39, 0.29) is 11.2 Å². The van der Waals surface area contributed by atoms with Crippen molar-refractivity contribution in [2.75, 3.05) is 0 Å². The molecule has 0 spiro atoms. The SMILES string of the molecule is C/C=C(/Cl)c1ncc(C2(C)C=C(C)C(F)=CC2)cc1C. The van der Waals surface area contributed by atoms with Crippen molar-refractivity contribution in [3.05, 3.63) is 58.7 Å². The van der Waals surface area contributed by atoms with Gasteiger partial charge in [-0.05, 0) is 50.0 Å². The summed E-state index contributed by atoms with van der Waals surface area (Å²) in [6.45, 7) is 7.79. The molecule has 0 bridgehead atoms. The van der Waals surface area contributed by atoms with Gasteiger partial charge in [0.2, 0.25) is 0 Å². The van der Waals surface area contributed by atoms with Gasteiger partial charge in [0.05, 0.1) is 10.7 Å². The zero-order valence-electron chi connectivity index (χ0n) is 12.3. The molecule has 106 valence electrons. The average Bonchev–Trinajstić information content (AvgIpc) is 2.42. The van der Waals surface area contributed by atoms with E-state index in [2.05, 4.69) is 18.0 Å². The van der Waals surface area contributed by atoms with Gasteiger partial charge in [-0.3, -0.25) is 4.98 Å². The van der Waals surface area contributed by atoms with E-state index in [9.17, 15) is 4.39 Å². The number of aryl methyl sites for hydroxylation is 1. The molecule has 0 aromatic carbocycles. The molecule has 0 fully saturated rings. The summed E-state index contributed by atoms with van der Waals surface area (Å²) in [5, 5.41) is 0.653. The van der Waals surface area contributed by atoms with Gasteiger partial charge in [-0.1, -0.05) is 36.7 Å². The number of halogens is 2. The number of aromatic nitrogens is 1. The molecule has 1 aliphatic carbocycles. The Morgan fingerprint density at radius 2 is 2.15 bits per heavy atom. The highest BCUT2D eigenvalue weighted by molar-refractivity contribution is 6.48. The van der Waals surface area contributed by atoms with E-state index in [0.29, 0.717) is 17.0 Å². The number of pyridine rings is 1. The lowest BCUT2D eigenvalue weighted by Gasteiger charge is -2.29. The van der Waals surface area contributed by atoms with Crippen LogP contribution in [0.25, 0.3) is 5.03 Å². The van der Waals surface area contributed by atoms with E-state index in [1.807, 2.05) is 32.2 Å². The first kappa shape index (κ1) is 15.0. The van der Waals surface area contributed by atoms with E-state index >= 15 is 0 Å². The summed E-state index contributed by atoms with van der Waals surface area (Å²) in [4.78, 5) is 4.47. The first-order chi connectivity index (χ1) is 9.37. The second-order valence-corrected chi connectivity index (χ2v) is 5.93. The number of hydrogen-bond acceptors (Lipinski definition) is 1. The Morgan fingerprint density at radius 3 is 2.70 bits per heavy atom. The highest BCUT2D eigenvalue weighted by atomic mass is 35.5. The molecule has 1 aromatic rings. The van der Waals surface area contributed by atoms with Gasteiger partial charge in [0.15, 0.2) is 0 Å². The molecule has 3 heteroatoms. The molecule has 0 N–H and O–H groups in total. The van der Waals surface area contributed by atoms with Crippen LogP contribution >= 0.6 is 11.6 Å². The van der Waals surface area contributed by atoms with Crippen LogP contribution in [0.4, 0.5) is 4.39 Å². The predicted octanol–water partition coefficient (Wildman–Crippen LogP) is 5.45. The third-order valence-corrected chi connectivity index (χ3v) is 4.23. The number of rotatable bonds is 2. The van der Waals surface area contributed by atoms with E-state index in [4.69, 9.17) is 11.6 Å². The molecule has 1 heterocycles. The third kappa shape index (κ3) is 2.71. The van der Waals surface area contributed by atoms with Crippen molar-refractivity contribution in [1.29, 1.82) is 0 Å². The topological polar surface area (TPSA) is 12.9 Å². The fourth-order valence-corrected chi connectivity index (χ4v) is 2.74. The van der Waals surface area contributed by atoms with Gasteiger partial charge in [-0.15, -0.1) is 0 Å². The van der Waals surface area contributed by atoms with Crippen LogP contribution in [0.5, 0.6) is 0 Å². The predicted molar refractivity (Wildman–Crippen MR) is 83.4 cm³/mol. The maximum atomic E-state index is 13.5. The summed E-state index contributed by atoms with van der Waals surface area (Å²) in [5.41, 5.74) is 3.40. The minimum Gasteiger partial charge on any atom is -0.255 e. The first-order valence-corrected chi connectivity index (χ1v) is 7.10. The number of nitrogens with zero attached hydrogens (tertiary/aromatic N) is 1. The van der Waals surface area contributed by atoms with E-state index in [0.717, 1.165) is 16.8 Å². The van der Waals surface area contributed by atoms with Crippen molar-refractivity contribution in [1.82, 2.24) is 4.98 Å². The Bertz CT molecular complexity index is 628. The molecule has 0 radical (unpaired) electrons. The van der Waals surface area contributed by atoms with Crippen molar-refractivity contribution in [2.45, 2.75) is 39.5 Å². The lowest BCUT2D eigenvalue weighted by Crippen LogP contribution is -2.22. The minimum absolute atomic E-state index is 0.124. The average molecular weight is 292 g/mol. The Balaban J connectivity index is 2.43. The maximum absolute atomic E-state index is 13.5. The standard InChI is InChI=1S/C17H19ClFN/c1-5-14(18)16-11(2)8-13(10-20-16)17(4)7-6-15(19)12(3)9-17/h5-6,8-10H,7H2,1-4H3/b14-5+. The zero-order valence-corrected chi connectivity index (χ0v) is 13.1. The van der Waals surface area contributed by atoms with Crippen molar-refractivity contribution in [3.63, 3.8) is 0 Å². The lowest BCUT2D eigenvalue weighted by atomic mass is 9.76. The largest absolute Gasteiger partial charge is 0.255 e.